The van der Waals surface area contributed by atoms with E-state index in [2.05, 4.69) is 10.2 Å². The first kappa shape index (κ1) is 16.6. The van der Waals surface area contributed by atoms with Crippen molar-refractivity contribution in [2.24, 2.45) is 0 Å². The lowest BCUT2D eigenvalue weighted by Gasteiger charge is -2.25. The van der Waals surface area contributed by atoms with Gasteiger partial charge in [-0.1, -0.05) is 11.8 Å². The smallest absolute Gasteiger partial charge is 0.276 e. The molecule has 0 bridgehead atoms. The number of nitrogens with zero attached hydrogens (tertiary/aromatic N) is 2. The number of rotatable bonds is 6. The van der Waals surface area contributed by atoms with Crippen molar-refractivity contribution in [3.05, 3.63) is 18.2 Å². The Morgan fingerprint density at radius 3 is 2.88 bits per heavy atom. The van der Waals surface area contributed by atoms with E-state index in [1.807, 2.05) is 18.2 Å². The van der Waals surface area contributed by atoms with Gasteiger partial charge < -0.3 is 28.6 Å². The van der Waals surface area contributed by atoms with Crippen molar-refractivity contribution in [2.45, 2.75) is 11.3 Å². The number of benzene rings is 1. The Bertz CT molecular complexity index is 720. The first-order valence-corrected chi connectivity index (χ1v) is 9.22. The predicted octanol–water partition coefficient (Wildman–Crippen LogP) is -0.167. The molecule has 1 aromatic heterocycles. The number of aromatic nitrogens is 2. The zero-order valence-electron chi connectivity index (χ0n) is 13.6. The Hall–Kier alpha value is -1.81. The topological polar surface area (TPSA) is 91.3 Å². The van der Waals surface area contributed by atoms with E-state index in [-0.39, 0.29) is 6.79 Å². The van der Waals surface area contributed by atoms with Crippen LogP contribution in [0.25, 0.3) is 11.5 Å². The highest BCUT2D eigenvalue weighted by Gasteiger charge is 2.20. The summed E-state index contributed by atoms with van der Waals surface area (Å²) in [5.74, 6) is 2.34. The summed E-state index contributed by atoms with van der Waals surface area (Å²) in [4.78, 5) is 1.37. The number of nitrogens with one attached hydrogen (secondary N) is 1. The average Bonchev–Trinajstić information content (AvgIpc) is 3.29. The molecule has 0 amide bonds. The molecule has 2 aliphatic rings. The largest absolute Gasteiger partial charge is 0.454 e. The Kier molecular flexibility index (Phi) is 5.07. The maximum atomic E-state index is 10.2. The highest BCUT2D eigenvalue weighted by molar-refractivity contribution is 7.99. The van der Waals surface area contributed by atoms with Gasteiger partial charge in [0.1, 0.15) is 25.7 Å². The van der Waals surface area contributed by atoms with Gasteiger partial charge in [-0.2, -0.15) is 0 Å². The third-order valence-electron chi connectivity index (χ3n) is 4.15. The lowest BCUT2D eigenvalue weighted by atomic mass is 10.2. The molecule has 0 spiro atoms. The van der Waals surface area contributed by atoms with E-state index in [9.17, 15) is 5.11 Å². The number of morpholine rings is 1. The number of aliphatic hydroxyl groups is 1. The Balaban J connectivity index is 1.32. The van der Waals surface area contributed by atoms with Gasteiger partial charge in [0.15, 0.2) is 11.5 Å². The summed E-state index contributed by atoms with van der Waals surface area (Å²) < 4.78 is 21.6. The number of quaternary nitrogens is 1. The minimum Gasteiger partial charge on any atom is -0.454 e. The first-order chi connectivity index (χ1) is 12.3. The number of aliphatic hydroxyl groups excluding tert-OH is 1. The second-order valence-electron chi connectivity index (χ2n) is 5.97. The Labute approximate surface area is 149 Å². The van der Waals surface area contributed by atoms with Crippen LogP contribution in [0.5, 0.6) is 11.5 Å². The van der Waals surface area contributed by atoms with Crippen molar-refractivity contribution in [3.63, 3.8) is 0 Å². The van der Waals surface area contributed by atoms with E-state index < -0.39 is 6.10 Å². The summed E-state index contributed by atoms with van der Waals surface area (Å²) in [6.45, 7) is 4.34. The highest BCUT2D eigenvalue weighted by atomic mass is 32.2. The molecule has 2 N–H and O–H groups in total. The van der Waals surface area contributed by atoms with Gasteiger partial charge in [0.05, 0.1) is 13.2 Å². The second kappa shape index (κ2) is 7.61. The van der Waals surface area contributed by atoms with Crippen LogP contribution < -0.4 is 14.4 Å². The quantitative estimate of drug-likeness (QED) is 0.681. The summed E-state index contributed by atoms with van der Waals surface area (Å²) in [5.41, 5.74) is 0.780. The average molecular weight is 366 g/mol. The van der Waals surface area contributed by atoms with Crippen LogP contribution in [-0.4, -0.2) is 66.8 Å². The molecule has 9 heteroatoms. The fraction of sp³-hybridized carbons (Fsp3) is 0.500. The Morgan fingerprint density at radius 1 is 1.16 bits per heavy atom. The third kappa shape index (κ3) is 4.06. The maximum absolute atomic E-state index is 10.2. The molecule has 1 atom stereocenters. The van der Waals surface area contributed by atoms with Crippen LogP contribution in [0, 0.1) is 0 Å². The minimum atomic E-state index is -0.418. The van der Waals surface area contributed by atoms with Gasteiger partial charge in [-0.25, -0.2) is 0 Å². The van der Waals surface area contributed by atoms with E-state index in [1.165, 1.54) is 16.7 Å². The molecule has 0 aliphatic carbocycles. The lowest BCUT2D eigenvalue weighted by molar-refractivity contribution is -0.910. The summed E-state index contributed by atoms with van der Waals surface area (Å²) in [7, 11) is 0. The summed E-state index contributed by atoms with van der Waals surface area (Å²) in [6, 6.07) is 5.50. The summed E-state index contributed by atoms with van der Waals surface area (Å²) >= 11 is 1.37. The van der Waals surface area contributed by atoms with E-state index in [1.54, 1.807) is 0 Å². The third-order valence-corrected chi connectivity index (χ3v) is 5.11. The molecule has 0 unspecified atom stereocenters. The lowest BCUT2D eigenvalue weighted by Crippen LogP contribution is -3.15. The van der Waals surface area contributed by atoms with Crippen molar-refractivity contribution in [1.82, 2.24) is 10.2 Å². The van der Waals surface area contributed by atoms with Gasteiger partial charge in [0, 0.05) is 11.3 Å². The van der Waals surface area contributed by atoms with Crippen LogP contribution in [0.3, 0.4) is 0 Å². The van der Waals surface area contributed by atoms with Crippen LogP contribution in [0.15, 0.2) is 27.8 Å². The first-order valence-electron chi connectivity index (χ1n) is 8.23. The van der Waals surface area contributed by atoms with Gasteiger partial charge in [-0.15, -0.1) is 10.2 Å². The van der Waals surface area contributed by atoms with E-state index in [0.717, 1.165) is 31.9 Å². The van der Waals surface area contributed by atoms with E-state index >= 15 is 0 Å². The molecule has 2 aromatic rings. The van der Waals surface area contributed by atoms with Gasteiger partial charge in [0.2, 0.25) is 12.7 Å². The molecule has 0 saturated carbocycles. The van der Waals surface area contributed by atoms with Gasteiger partial charge in [-0.3, -0.25) is 0 Å². The molecule has 0 radical (unpaired) electrons. The zero-order chi connectivity index (χ0) is 17.1. The van der Waals surface area contributed by atoms with E-state index in [4.69, 9.17) is 18.6 Å². The molecule has 134 valence electrons. The fourth-order valence-electron chi connectivity index (χ4n) is 2.84. The number of fused-ring (bicyclic) bond motifs is 1. The molecule has 1 aromatic carbocycles. The second-order valence-corrected chi connectivity index (χ2v) is 6.94. The SMILES string of the molecule is O[C@H](CSc1nnc(-c2ccc3c(c2)OCO3)o1)C[NH+]1CCOCC1. The van der Waals surface area contributed by atoms with Crippen molar-refractivity contribution in [2.75, 3.05) is 45.4 Å². The van der Waals surface area contributed by atoms with Crippen LogP contribution in [0.1, 0.15) is 0 Å². The molecular weight excluding hydrogens is 346 g/mol. The van der Waals surface area contributed by atoms with Gasteiger partial charge in [0.25, 0.3) is 5.22 Å². The number of hydrogen-bond acceptors (Lipinski definition) is 8. The van der Waals surface area contributed by atoms with Crippen LogP contribution in [-0.2, 0) is 4.74 Å². The molecule has 25 heavy (non-hydrogen) atoms. The molecule has 4 rings (SSSR count). The van der Waals surface area contributed by atoms with Gasteiger partial charge in [-0.05, 0) is 18.2 Å². The highest BCUT2D eigenvalue weighted by Crippen LogP contribution is 2.35. The summed E-state index contributed by atoms with van der Waals surface area (Å²) in [5, 5.41) is 18.7. The van der Waals surface area contributed by atoms with Gasteiger partial charge >= 0.3 is 0 Å². The number of ether oxygens (including phenoxy) is 3. The van der Waals surface area contributed by atoms with Crippen molar-refractivity contribution in [3.8, 4) is 23.0 Å². The molecule has 1 fully saturated rings. The molecule has 3 heterocycles. The fourth-order valence-corrected chi connectivity index (χ4v) is 3.53. The maximum Gasteiger partial charge on any atom is 0.276 e. The van der Waals surface area contributed by atoms with E-state index in [0.29, 0.717) is 34.9 Å². The normalized spacial score (nSPS) is 18.4. The Morgan fingerprint density at radius 2 is 2.00 bits per heavy atom. The van der Waals surface area contributed by atoms with Crippen molar-refractivity contribution < 1.29 is 28.6 Å². The predicted molar refractivity (Wildman–Crippen MR) is 89.0 cm³/mol. The van der Waals surface area contributed by atoms with Crippen LogP contribution in [0.2, 0.25) is 0 Å². The zero-order valence-corrected chi connectivity index (χ0v) is 14.5. The van der Waals surface area contributed by atoms with Crippen molar-refractivity contribution >= 4 is 11.8 Å². The minimum absolute atomic E-state index is 0.229. The number of thioether (sulfide) groups is 1. The number of hydrogen-bond donors (Lipinski definition) is 2. The van der Waals surface area contributed by atoms with Crippen LogP contribution in [0.4, 0.5) is 0 Å². The van der Waals surface area contributed by atoms with Crippen molar-refractivity contribution in [1.29, 1.82) is 0 Å². The molecule has 1 saturated heterocycles. The molecular formula is C16H20N3O5S+. The monoisotopic (exact) mass is 366 g/mol. The van der Waals surface area contributed by atoms with Crippen LogP contribution >= 0.6 is 11.8 Å². The summed E-state index contributed by atoms with van der Waals surface area (Å²) in [6.07, 6.45) is -0.418. The molecule has 2 aliphatic heterocycles. The standard InChI is InChI=1S/C16H19N3O5S/c20-12(8-19-3-5-21-6-4-19)9-25-16-18-17-15(24-16)11-1-2-13-14(7-11)23-10-22-13/h1-2,7,12,20H,3-6,8-10H2/p+1/t12-/m0/s1. The molecule has 8 nitrogen and oxygen atoms in total.